The predicted molar refractivity (Wildman–Crippen MR) is 121 cm³/mol. The van der Waals surface area contributed by atoms with Crippen molar-refractivity contribution < 1.29 is 28.5 Å². The van der Waals surface area contributed by atoms with Crippen molar-refractivity contribution in [3.8, 4) is 0 Å². The lowest BCUT2D eigenvalue weighted by molar-refractivity contribution is -0.384. The molecule has 0 spiro atoms. The number of amides is 3. The minimum Gasteiger partial charge on any atom is -0.317 e. The zero-order valence-corrected chi connectivity index (χ0v) is 17.8. The number of carbonyl (C=O) groups is 4. The van der Waals surface area contributed by atoms with Crippen molar-refractivity contribution in [1.29, 1.82) is 0 Å². The molecule has 1 atom stereocenters. The molecule has 1 aliphatic rings. The molecule has 3 aromatic rings. The SMILES string of the molecule is O=C(Nc1ccccc1F)C(=O)[C@@H]1C(=O)N(C(=O)c2ccc([N+](=O)[O-])cc2)N=C1c1ccccc1. The number of halogens is 1. The second-order valence-electron chi connectivity index (χ2n) is 7.34. The molecule has 0 saturated heterocycles. The van der Waals surface area contributed by atoms with E-state index in [0.717, 1.165) is 30.3 Å². The van der Waals surface area contributed by atoms with Gasteiger partial charge in [0.25, 0.3) is 23.4 Å². The number of Topliss-reactive ketones (excluding diaryl/α,β-unsaturated/α-hetero) is 1. The summed E-state index contributed by atoms with van der Waals surface area (Å²) in [6, 6.07) is 17.6. The largest absolute Gasteiger partial charge is 0.317 e. The van der Waals surface area contributed by atoms with Crippen LogP contribution in [0.4, 0.5) is 15.8 Å². The molecular formula is C24H15FN4O6. The van der Waals surface area contributed by atoms with E-state index >= 15 is 0 Å². The fourth-order valence-corrected chi connectivity index (χ4v) is 3.39. The topological polar surface area (TPSA) is 139 Å². The van der Waals surface area contributed by atoms with Gasteiger partial charge < -0.3 is 5.32 Å². The van der Waals surface area contributed by atoms with Gasteiger partial charge >= 0.3 is 0 Å². The maximum absolute atomic E-state index is 13.9. The van der Waals surface area contributed by atoms with Gasteiger partial charge in [0.1, 0.15) is 5.82 Å². The van der Waals surface area contributed by atoms with Gasteiger partial charge in [-0.3, -0.25) is 29.3 Å². The molecule has 0 fully saturated rings. The zero-order chi connectivity index (χ0) is 25.1. The Hall–Kier alpha value is -5.06. The average molecular weight is 474 g/mol. The summed E-state index contributed by atoms with van der Waals surface area (Å²) in [5.74, 6) is -7.06. The monoisotopic (exact) mass is 474 g/mol. The molecule has 35 heavy (non-hydrogen) atoms. The number of para-hydroxylation sites is 1. The zero-order valence-electron chi connectivity index (χ0n) is 17.8. The van der Waals surface area contributed by atoms with Crippen LogP contribution in [0.3, 0.4) is 0 Å². The number of ketones is 1. The number of anilines is 1. The number of nitrogens with one attached hydrogen (secondary N) is 1. The standard InChI is InChI=1S/C24H15FN4O6/c25-17-8-4-5-9-18(17)26-22(31)21(30)19-20(14-6-2-1-3-7-14)27-28(24(19)33)23(32)15-10-12-16(13-11-15)29(34)35/h1-13,19H,(H,26,31)/t19-/m1/s1. The lowest BCUT2D eigenvalue weighted by Gasteiger charge is -2.13. The lowest BCUT2D eigenvalue weighted by Crippen LogP contribution is -2.41. The van der Waals surface area contributed by atoms with Gasteiger partial charge in [0.2, 0.25) is 5.78 Å². The molecule has 0 aliphatic carbocycles. The lowest BCUT2D eigenvalue weighted by atomic mass is 9.92. The number of imide groups is 1. The van der Waals surface area contributed by atoms with Crippen LogP contribution in [0.15, 0.2) is 84.0 Å². The summed E-state index contributed by atoms with van der Waals surface area (Å²) in [7, 11) is 0. The number of benzene rings is 3. The van der Waals surface area contributed by atoms with E-state index in [2.05, 4.69) is 10.4 Å². The minimum atomic E-state index is -1.76. The van der Waals surface area contributed by atoms with Gasteiger partial charge in [0.05, 0.1) is 16.3 Å². The third-order valence-corrected chi connectivity index (χ3v) is 5.13. The number of non-ortho nitro benzene ring substituents is 1. The van der Waals surface area contributed by atoms with Crippen LogP contribution in [0, 0.1) is 21.8 Å². The van der Waals surface area contributed by atoms with Crippen molar-refractivity contribution in [3.63, 3.8) is 0 Å². The highest BCUT2D eigenvalue weighted by Gasteiger charge is 2.46. The summed E-state index contributed by atoms with van der Waals surface area (Å²) in [6.45, 7) is 0. The highest BCUT2D eigenvalue weighted by molar-refractivity contribution is 6.51. The highest BCUT2D eigenvalue weighted by Crippen LogP contribution is 2.25. The first kappa shape index (κ1) is 23.1. The van der Waals surface area contributed by atoms with Crippen molar-refractivity contribution in [2.75, 3.05) is 5.32 Å². The molecule has 174 valence electrons. The molecule has 4 rings (SSSR count). The fourth-order valence-electron chi connectivity index (χ4n) is 3.39. The van der Waals surface area contributed by atoms with E-state index in [1.54, 1.807) is 30.3 Å². The number of nitro benzene ring substituents is 1. The molecule has 3 aromatic carbocycles. The van der Waals surface area contributed by atoms with Gasteiger partial charge in [-0.05, 0) is 29.8 Å². The molecule has 0 bridgehead atoms. The van der Waals surface area contributed by atoms with E-state index in [9.17, 15) is 33.7 Å². The summed E-state index contributed by atoms with van der Waals surface area (Å²) in [5, 5.41) is 17.5. The Morgan fingerprint density at radius 1 is 0.943 bits per heavy atom. The van der Waals surface area contributed by atoms with Crippen LogP contribution in [-0.4, -0.2) is 39.1 Å². The maximum Gasteiger partial charge on any atom is 0.293 e. The third-order valence-electron chi connectivity index (χ3n) is 5.13. The van der Waals surface area contributed by atoms with Crippen LogP contribution < -0.4 is 5.32 Å². The van der Waals surface area contributed by atoms with E-state index in [4.69, 9.17) is 0 Å². The summed E-state index contributed by atoms with van der Waals surface area (Å²) in [6.07, 6.45) is 0. The van der Waals surface area contributed by atoms with Crippen LogP contribution in [0.25, 0.3) is 0 Å². The van der Waals surface area contributed by atoms with Gasteiger partial charge in [-0.2, -0.15) is 10.1 Å². The van der Waals surface area contributed by atoms with Crippen LogP contribution in [0.1, 0.15) is 15.9 Å². The Morgan fingerprint density at radius 2 is 1.57 bits per heavy atom. The average Bonchev–Trinajstić information content (AvgIpc) is 3.22. The summed E-state index contributed by atoms with van der Waals surface area (Å²) in [4.78, 5) is 62.0. The van der Waals surface area contributed by atoms with Crippen molar-refractivity contribution in [2.24, 2.45) is 11.0 Å². The summed E-state index contributed by atoms with van der Waals surface area (Å²) < 4.78 is 13.9. The van der Waals surface area contributed by atoms with Crippen LogP contribution in [-0.2, 0) is 14.4 Å². The maximum atomic E-state index is 13.9. The van der Waals surface area contributed by atoms with Crippen molar-refractivity contribution in [1.82, 2.24) is 5.01 Å². The molecule has 10 nitrogen and oxygen atoms in total. The van der Waals surface area contributed by atoms with Gasteiger partial charge in [0, 0.05) is 17.7 Å². The molecule has 1 aliphatic heterocycles. The first-order valence-electron chi connectivity index (χ1n) is 10.1. The molecule has 1 heterocycles. The van der Waals surface area contributed by atoms with Crippen LogP contribution in [0.5, 0.6) is 0 Å². The quantitative estimate of drug-likeness (QED) is 0.192. The van der Waals surface area contributed by atoms with E-state index in [1.165, 1.54) is 18.2 Å². The first-order valence-corrected chi connectivity index (χ1v) is 10.1. The van der Waals surface area contributed by atoms with E-state index in [1.807, 2.05) is 0 Å². The second-order valence-corrected chi connectivity index (χ2v) is 7.34. The molecule has 3 amide bonds. The summed E-state index contributed by atoms with van der Waals surface area (Å²) in [5.41, 5.74) is -0.436. The number of carbonyl (C=O) groups excluding carboxylic acids is 4. The van der Waals surface area contributed by atoms with Gasteiger partial charge in [-0.1, -0.05) is 42.5 Å². The number of hydrogen-bond donors (Lipinski definition) is 1. The Bertz CT molecular complexity index is 1390. The highest BCUT2D eigenvalue weighted by atomic mass is 19.1. The Kier molecular flexibility index (Phi) is 6.23. The van der Waals surface area contributed by atoms with Gasteiger partial charge in [0.15, 0.2) is 5.92 Å². The minimum absolute atomic E-state index is 0.0935. The molecule has 0 aromatic heterocycles. The third kappa shape index (κ3) is 4.55. The van der Waals surface area contributed by atoms with E-state index in [-0.39, 0.29) is 22.6 Å². The van der Waals surface area contributed by atoms with Crippen molar-refractivity contribution in [2.45, 2.75) is 0 Å². The van der Waals surface area contributed by atoms with Gasteiger partial charge in [-0.25, -0.2) is 4.39 Å². The van der Waals surface area contributed by atoms with E-state index < -0.39 is 40.2 Å². The number of hydrogen-bond acceptors (Lipinski definition) is 7. The summed E-state index contributed by atoms with van der Waals surface area (Å²) >= 11 is 0. The van der Waals surface area contributed by atoms with Crippen molar-refractivity contribution >= 4 is 40.6 Å². The number of rotatable bonds is 6. The second kappa shape index (κ2) is 9.43. The molecular weight excluding hydrogens is 459 g/mol. The Morgan fingerprint density at radius 3 is 2.20 bits per heavy atom. The number of nitro groups is 1. The Balaban J connectivity index is 1.66. The molecule has 0 unspecified atom stereocenters. The number of hydrazone groups is 1. The van der Waals surface area contributed by atoms with E-state index in [0.29, 0.717) is 10.6 Å². The van der Waals surface area contributed by atoms with Crippen LogP contribution >= 0.6 is 0 Å². The molecule has 1 N–H and O–H groups in total. The fraction of sp³-hybridized carbons (Fsp3) is 0.0417. The van der Waals surface area contributed by atoms with Crippen LogP contribution in [0.2, 0.25) is 0 Å². The number of nitrogens with zero attached hydrogens (tertiary/aromatic N) is 3. The normalized spacial score (nSPS) is 14.9. The Labute approximate surface area is 196 Å². The molecule has 0 saturated carbocycles. The molecule has 11 heteroatoms. The van der Waals surface area contributed by atoms with Crippen molar-refractivity contribution in [3.05, 3.63) is 106 Å². The predicted octanol–water partition coefficient (Wildman–Crippen LogP) is 2.94. The molecule has 0 radical (unpaired) electrons. The van der Waals surface area contributed by atoms with Gasteiger partial charge in [-0.15, -0.1) is 0 Å². The smallest absolute Gasteiger partial charge is 0.293 e. The first-order chi connectivity index (χ1) is 16.8.